The van der Waals surface area contributed by atoms with Crippen LogP contribution in [0.1, 0.15) is 60.8 Å². The SMILES string of the molecule is CCOC(=O)[C@@H]1O[C@@H]2C[C@H](C)CC[C@H]2C(C)(C)N1CC=C(C)C. The molecule has 1 saturated heterocycles. The second kappa shape index (κ2) is 7.35. The first kappa shape index (κ1) is 18.5. The standard InChI is InChI=1S/C19H33NO3/c1-7-22-18(21)17-20(11-10-13(2)3)19(5,6)15-9-8-14(4)12-16(15)23-17/h10,14-17H,7-9,11-12H2,1-6H3/t14-,15-,16-,17+/m1/s1. The Morgan fingerprint density at radius 3 is 2.65 bits per heavy atom. The minimum Gasteiger partial charge on any atom is -0.463 e. The first-order valence-electron chi connectivity index (χ1n) is 8.99. The molecule has 1 saturated carbocycles. The molecule has 0 unspecified atom stereocenters. The lowest BCUT2D eigenvalue weighted by atomic mass is 9.70. The van der Waals surface area contributed by atoms with Crippen LogP contribution in [0.4, 0.5) is 0 Å². The summed E-state index contributed by atoms with van der Waals surface area (Å²) in [7, 11) is 0. The van der Waals surface area contributed by atoms with E-state index in [-0.39, 0.29) is 17.6 Å². The molecule has 0 bridgehead atoms. The van der Waals surface area contributed by atoms with Gasteiger partial charge in [-0.1, -0.05) is 25.0 Å². The lowest BCUT2D eigenvalue weighted by molar-refractivity contribution is -0.238. The van der Waals surface area contributed by atoms with E-state index in [4.69, 9.17) is 9.47 Å². The highest BCUT2D eigenvalue weighted by molar-refractivity contribution is 5.74. The molecule has 2 aliphatic rings. The van der Waals surface area contributed by atoms with Crippen molar-refractivity contribution in [3.63, 3.8) is 0 Å². The summed E-state index contributed by atoms with van der Waals surface area (Å²) in [6.45, 7) is 13.9. The van der Waals surface area contributed by atoms with Crippen LogP contribution in [0.15, 0.2) is 11.6 Å². The number of rotatable bonds is 4. The number of nitrogens with zero attached hydrogens (tertiary/aromatic N) is 1. The molecular formula is C19H33NO3. The Hall–Kier alpha value is -0.870. The van der Waals surface area contributed by atoms with E-state index in [1.54, 1.807) is 0 Å². The average molecular weight is 323 g/mol. The molecule has 4 nitrogen and oxygen atoms in total. The van der Waals surface area contributed by atoms with Gasteiger partial charge in [0.2, 0.25) is 6.23 Å². The van der Waals surface area contributed by atoms with Gasteiger partial charge in [0.1, 0.15) is 0 Å². The average Bonchev–Trinajstić information content (AvgIpc) is 2.45. The molecule has 1 heterocycles. The van der Waals surface area contributed by atoms with Gasteiger partial charge in [0.05, 0.1) is 12.7 Å². The summed E-state index contributed by atoms with van der Waals surface area (Å²) in [6.07, 6.45) is 5.19. The molecular weight excluding hydrogens is 290 g/mol. The van der Waals surface area contributed by atoms with Crippen LogP contribution in [0.2, 0.25) is 0 Å². The van der Waals surface area contributed by atoms with Crippen LogP contribution in [0, 0.1) is 11.8 Å². The normalized spacial score (nSPS) is 33.7. The summed E-state index contributed by atoms with van der Waals surface area (Å²) < 4.78 is 11.6. The molecule has 2 fully saturated rings. The van der Waals surface area contributed by atoms with Crippen LogP contribution < -0.4 is 0 Å². The zero-order valence-electron chi connectivity index (χ0n) is 15.6. The number of ether oxygens (including phenoxy) is 2. The monoisotopic (exact) mass is 323 g/mol. The van der Waals surface area contributed by atoms with Crippen molar-refractivity contribution in [2.75, 3.05) is 13.2 Å². The maximum Gasteiger partial charge on any atom is 0.350 e. The van der Waals surface area contributed by atoms with Gasteiger partial charge >= 0.3 is 5.97 Å². The molecule has 0 radical (unpaired) electrons. The predicted octanol–water partition coefficient (Wildman–Crippen LogP) is 3.76. The Labute approximate surface area is 141 Å². The molecule has 0 aromatic carbocycles. The first-order chi connectivity index (χ1) is 10.8. The molecule has 1 aliphatic carbocycles. The van der Waals surface area contributed by atoms with Crippen molar-refractivity contribution in [1.82, 2.24) is 4.90 Å². The van der Waals surface area contributed by atoms with Crippen molar-refractivity contribution in [2.45, 2.75) is 78.7 Å². The fraction of sp³-hybridized carbons (Fsp3) is 0.842. The number of carbonyl (C=O) groups is 1. The number of allylic oxidation sites excluding steroid dienone is 1. The molecule has 0 N–H and O–H groups in total. The third-order valence-electron chi connectivity index (χ3n) is 5.47. The van der Waals surface area contributed by atoms with Gasteiger partial charge in [-0.25, -0.2) is 4.79 Å². The summed E-state index contributed by atoms with van der Waals surface area (Å²) in [5.74, 6) is 0.883. The fourth-order valence-electron chi connectivity index (χ4n) is 4.05. The molecule has 0 spiro atoms. The van der Waals surface area contributed by atoms with Crippen LogP contribution in [0.25, 0.3) is 0 Å². The largest absolute Gasteiger partial charge is 0.463 e. The zero-order valence-corrected chi connectivity index (χ0v) is 15.6. The van der Waals surface area contributed by atoms with Crippen molar-refractivity contribution in [1.29, 1.82) is 0 Å². The lowest BCUT2D eigenvalue weighted by Crippen LogP contribution is -2.66. The molecule has 0 aromatic rings. The Morgan fingerprint density at radius 2 is 2.04 bits per heavy atom. The topological polar surface area (TPSA) is 38.8 Å². The number of hydrogen-bond acceptors (Lipinski definition) is 4. The Morgan fingerprint density at radius 1 is 1.35 bits per heavy atom. The molecule has 132 valence electrons. The van der Waals surface area contributed by atoms with Gasteiger partial charge in [0.25, 0.3) is 0 Å². The lowest BCUT2D eigenvalue weighted by Gasteiger charge is -2.56. The molecule has 0 aromatic heterocycles. The maximum atomic E-state index is 12.5. The minimum atomic E-state index is -0.591. The summed E-state index contributed by atoms with van der Waals surface area (Å²) in [6, 6.07) is 0. The van der Waals surface area contributed by atoms with Crippen molar-refractivity contribution < 1.29 is 14.3 Å². The predicted molar refractivity (Wildman–Crippen MR) is 92.0 cm³/mol. The number of hydrogen-bond donors (Lipinski definition) is 0. The molecule has 1 aliphatic heterocycles. The van der Waals surface area contributed by atoms with Crippen molar-refractivity contribution in [2.24, 2.45) is 11.8 Å². The van der Waals surface area contributed by atoms with Gasteiger partial charge < -0.3 is 9.47 Å². The number of carbonyl (C=O) groups excluding carboxylic acids is 1. The van der Waals surface area contributed by atoms with E-state index < -0.39 is 6.23 Å². The summed E-state index contributed by atoms with van der Waals surface area (Å²) in [5, 5.41) is 0. The molecule has 4 heteroatoms. The van der Waals surface area contributed by atoms with E-state index in [9.17, 15) is 4.79 Å². The second-order valence-electron chi connectivity index (χ2n) is 7.89. The van der Waals surface area contributed by atoms with E-state index in [1.807, 2.05) is 6.92 Å². The van der Waals surface area contributed by atoms with Crippen molar-refractivity contribution in [3.05, 3.63) is 11.6 Å². The van der Waals surface area contributed by atoms with E-state index in [0.29, 0.717) is 18.4 Å². The Bertz CT molecular complexity index is 454. The number of fused-ring (bicyclic) bond motifs is 1. The first-order valence-corrected chi connectivity index (χ1v) is 8.99. The highest BCUT2D eigenvalue weighted by Gasteiger charge is 2.52. The van der Waals surface area contributed by atoms with Gasteiger partial charge in [-0.05, 0) is 53.4 Å². The van der Waals surface area contributed by atoms with Crippen LogP contribution in [0.3, 0.4) is 0 Å². The fourth-order valence-corrected chi connectivity index (χ4v) is 4.05. The molecule has 4 atom stereocenters. The van der Waals surface area contributed by atoms with E-state index in [0.717, 1.165) is 13.0 Å². The maximum absolute atomic E-state index is 12.5. The third kappa shape index (κ3) is 3.97. The van der Waals surface area contributed by atoms with Crippen LogP contribution >= 0.6 is 0 Å². The van der Waals surface area contributed by atoms with Gasteiger partial charge in [0.15, 0.2) is 0 Å². The van der Waals surface area contributed by atoms with Crippen LogP contribution in [-0.2, 0) is 14.3 Å². The van der Waals surface area contributed by atoms with Crippen molar-refractivity contribution >= 4 is 5.97 Å². The highest BCUT2D eigenvalue weighted by atomic mass is 16.6. The van der Waals surface area contributed by atoms with E-state index in [2.05, 4.69) is 45.6 Å². The quantitative estimate of drug-likeness (QED) is 0.583. The Balaban J connectivity index is 2.29. The summed E-state index contributed by atoms with van der Waals surface area (Å²) >= 11 is 0. The minimum absolute atomic E-state index is 0.0769. The molecule has 0 amide bonds. The van der Waals surface area contributed by atoms with E-state index >= 15 is 0 Å². The van der Waals surface area contributed by atoms with Gasteiger partial charge in [-0.3, -0.25) is 4.90 Å². The summed E-state index contributed by atoms with van der Waals surface area (Å²) in [4.78, 5) is 14.7. The third-order valence-corrected chi connectivity index (χ3v) is 5.47. The van der Waals surface area contributed by atoms with Crippen molar-refractivity contribution in [3.8, 4) is 0 Å². The Kier molecular flexibility index (Phi) is 5.90. The smallest absolute Gasteiger partial charge is 0.350 e. The summed E-state index contributed by atoms with van der Waals surface area (Å²) in [5.41, 5.74) is 1.18. The van der Waals surface area contributed by atoms with Gasteiger partial charge in [-0.2, -0.15) is 0 Å². The highest BCUT2D eigenvalue weighted by Crippen LogP contribution is 2.45. The molecule has 23 heavy (non-hydrogen) atoms. The van der Waals surface area contributed by atoms with Gasteiger partial charge in [-0.15, -0.1) is 0 Å². The van der Waals surface area contributed by atoms with Crippen LogP contribution in [-0.4, -0.2) is 41.9 Å². The van der Waals surface area contributed by atoms with E-state index in [1.165, 1.54) is 18.4 Å². The van der Waals surface area contributed by atoms with Gasteiger partial charge in [0, 0.05) is 18.0 Å². The zero-order chi connectivity index (χ0) is 17.2. The number of esters is 1. The molecule has 2 rings (SSSR count). The second-order valence-corrected chi connectivity index (χ2v) is 7.89. The van der Waals surface area contributed by atoms with Crippen LogP contribution in [0.5, 0.6) is 0 Å².